The van der Waals surface area contributed by atoms with E-state index < -0.39 is 35.3 Å². The fraction of sp³-hybridized carbons (Fsp3) is 0.360. The third kappa shape index (κ3) is 6.60. The number of rotatable bonds is 8. The molecular formula is C25H27N3O9. The van der Waals surface area contributed by atoms with E-state index in [9.17, 15) is 29.3 Å². The molecule has 0 radical (unpaired) electrons. The molecule has 1 aliphatic rings. The summed E-state index contributed by atoms with van der Waals surface area (Å²) in [4.78, 5) is 61.9. The van der Waals surface area contributed by atoms with Gasteiger partial charge in [0.25, 0.3) is 11.6 Å². The van der Waals surface area contributed by atoms with Crippen molar-refractivity contribution in [2.75, 3.05) is 44.1 Å². The van der Waals surface area contributed by atoms with E-state index in [0.717, 1.165) is 26.0 Å². The van der Waals surface area contributed by atoms with Gasteiger partial charge in [-0.3, -0.25) is 14.9 Å². The lowest BCUT2D eigenvalue weighted by atomic mass is 9.98. The van der Waals surface area contributed by atoms with Crippen molar-refractivity contribution in [2.24, 2.45) is 5.92 Å². The molecular weight excluding hydrogens is 486 g/mol. The Labute approximate surface area is 212 Å². The van der Waals surface area contributed by atoms with Gasteiger partial charge in [-0.2, -0.15) is 0 Å². The first-order valence-electron chi connectivity index (χ1n) is 11.5. The van der Waals surface area contributed by atoms with Gasteiger partial charge in [0.2, 0.25) is 0 Å². The summed E-state index contributed by atoms with van der Waals surface area (Å²) in [6.07, 6.45) is 1.83. The molecule has 0 unspecified atom stereocenters. The molecule has 1 aliphatic heterocycles. The van der Waals surface area contributed by atoms with Crippen LogP contribution in [0.15, 0.2) is 36.4 Å². The zero-order valence-corrected chi connectivity index (χ0v) is 20.6. The highest BCUT2D eigenvalue weighted by Crippen LogP contribution is 2.32. The van der Waals surface area contributed by atoms with E-state index in [1.165, 1.54) is 37.4 Å². The molecule has 3 rings (SSSR count). The van der Waals surface area contributed by atoms with Crippen molar-refractivity contribution in [1.82, 2.24) is 0 Å². The van der Waals surface area contributed by atoms with Crippen LogP contribution in [-0.4, -0.2) is 62.7 Å². The lowest BCUT2D eigenvalue weighted by molar-refractivity contribution is -0.384. The number of methoxy groups -OCH3 is 2. The molecule has 12 heteroatoms. The summed E-state index contributed by atoms with van der Waals surface area (Å²) in [5.41, 5.74) is 0.0946. The van der Waals surface area contributed by atoms with Crippen molar-refractivity contribution in [3.05, 3.63) is 63.2 Å². The first-order chi connectivity index (χ1) is 17.6. The third-order valence-corrected chi connectivity index (χ3v) is 5.99. The van der Waals surface area contributed by atoms with E-state index in [1.54, 1.807) is 0 Å². The van der Waals surface area contributed by atoms with E-state index in [0.29, 0.717) is 24.7 Å². The van der Waals surface area contributed by atoms with Gasteiger partial charge in [-0.1, -0.05) is 6.92 Å². The first-order valence-corrected chi connectivity index (χ1v) is 11.5. The normalized spacial score (nSPS) is 13.4. The molecule has 1 fully saturated rings. The number of hydrogen-bond donors (Lipinski definition) is 1. The predicted molar refractivity (Wildman–Crippen MR) is 132 cm³/mol. The number of carbonyl (C=O) groups excluding carboxylic acids is 4. The first kappa shape index (κ1) is 27.1. The summed E-state index contributed by atoms with van der Waals surface area (Å²) in [5, 5.41) is 14.1. The largest absolute Gasteiger partial charge is 0.465 e. The fourth-order valence-electron chi connectivity index (χ4n) is 3.89. The number of anilines is 2. The van der Waals surface area contributed by atoms with Crippen LogP contribution in [0.1, 0.15) is 50.8 Å². The molecule has 1 N–H and O–H groups in total. The number of benzene rings is 2. The standard InChI is InChI=1S/C25H27N3O9/c1-15-8-10-27(11-9-15)20-7-5-17(13-21(20)28(33)34)24(31)37-14-22(29)26-19-12-16(23(30)35-2)4-6-18(19)25(32)36-3/h4-7,12-13,15H,8-11,14H2,1-3H3,(H,26,29). The van der Waals surface area contributed by atoms with Gasteiger partial charge in [0, 0.05) is 19.2 Å². The van der Waals surface area contributed by atoms with Crippen LogP contribution in [0.5, 0.6) is 0 Å². The molecule has 196 valence electrons. The molecule has 0 saturated carbocycles. The zero-order chi connectivity index (χ0) is 27.1. The summed E-state index contributed by atoms with van der Waals surface area (Å²) in [7, 11) is 2.33. The van der Waals surface area contributed by atoms with Crippen molar-refractivity contribution in [3.63, 3.8) is 0 Å². The average Bonchev–Trinajstić information content (AvgIpc) is 2.90. The number of nitro groups is 1. The van der Waals surface area contributed by atoms with Crippen LogP contribution in [0.4, 0.5) is 17.1 Å². The Kier molecular flexibility index (Phi) is 8.77. The minimum atomic E-state index is -0.937. The monoisotopic (exact) mass is 513 g/mol. The summed E-state index contributed by atoms with van der Waals surface area (Å²) in [6.45, 7) is 2.74. The maximum absolute atomic E-state index is 12.5. The molecule has 0 aliphatic carbocycles. The van der Waals surface area contributed by atoms with Crippen LogP contribution < -0.4 is 10.2 Å². The Morgan fingerprint density at radius 2 is 1.59 bits per heavy atom. The van der Waals surface area contributed by atoms with E-state index >= 15 is 0 Å². The van der Waals surface area contributed by atoms with Gasteiger partial charge in [-0.15, -0.1) is 0 Å². The summed E-state index contributed by atoms with van der Waals surface area (Å²) < 4.78 is 14.3. The van der Waals surface area contributed by atoms with Gasteiger partial charge < -0.3 is 24.4 Å². The van der Waals surface area contributed by atoms with E-state index in [-0.39, 0.29) is 28.1 Å². The number of esters is 3. The number of nitrogens with one attached hydrogen (secondary N) is 1. The number of hydrogen-bond acceptors (Lipinski definition) is 10. The molecule has 1 heterocycles. The molecule has 37 heavy (non-hydrogen) atoms. The van der Waals surface area contributed by atoms with Crippen LogP contribution in [0.3, 0.4) is 0 Å². The zero-order valence-electron chi connectivity index (χ0n) is 20.6. The molecule has 0 spiro atoms. The lowest BCUT2D eigenvalue weighted by Crippen LogP contribution is -2.33. The Bertz CT molecular complexity index is 1220. The van der Waals surface area contributed by atoms with Gasteiger partial charge in [-0.05, 0) is 49.1 Å². The van der Waals surface area contributed by atoms with Crippen molar-refractivity contribution in [2.45, 2.75) is 19.8 Å². The van der Waals surface area contributed by atoms with E-state index in [1.807, 2.05) is 4.90 Å². The molecule has 2 aromatic carbocycles. The van der Waals surface area contributed by atoms with E-state index in [4.69, 9.17) is 4.74 Å². The molecule has 0 atom stereocenters. The number of amides is 1. The van der Waals surface area contributed by atoms with Gasteiger partial charge in [0.1, 0.15) is 5.69 Å². The average molecular weight is 514 g/mol. The van der Waals surface area contributed by atoms with Crippen molar-refractivity contribution in [3.8, 4) is 0 Å². The highest BCUT2D eigenvalue weighted by Gasteiger charge is 2.25. The number of nitrogens with zero attached hydrogens (tertiary/aromatic N) is 2. The van der Waals surface area contributed by atoms with Crippen LogP contribution in [0.2, 0.25) is 0 Å². The summed E-state index contributed by atoms with van der Waals surface area (Å²) >= 11 is 0. The quantitative estimate of drug-likeness (QED) is 0.241. The van der Waals surface area contributed by atoms with Gasteiger partial charge in [0.05, 0.1) is 41.5 Å². The van der Waals surface area contributed by atoms with Crippen molar-refractivity contribution >= 4 is 40.9 Å². The maximum Gasteiger partial charge on any atom is 0.339 e. The SMILES string of the molecule is COC(=O)c1ccc(C(=O)OC)c(NC(=O)COC(=O)c2ccc(N3CCC(C)CC3)c([N+](=O)[O-])c2)c1. The number of ether oxygens (including phenoxy) is 3. The third-order valence-electron chi connectivity index (χ3n) is 5.99. The number of nitro benzene ring substituents is 1. The van der Waals surface area contributed by atoms with Crippen LogP contribution in [0.25, 0.3) is 0 Å². The Morgan fingerprint density at radius 3 is 2.22 bits per heavy atom. The Hall–Kier alpha value is -4.48. The molecule has 0 aromatic heterocycles. The van der Waals surface area contributed by atoms with Crippen molar-refractivity contribution in [1.29, 1.82) is 0 Å². The van der Waals surface area contributed by atoms with Gasteiger partial charge >= 0.3 is 17.9 Å². The molecule has 1 amide bonds. The summed E-state index contributed by atoms with van der Waals surface area (Å²) in [5.74, 6) is -2.66. The lowest BCUT2D eigenvalue weighted by Gasteiger charge is -2.31. The summed E-state index contributed by atoms with van der Waals surface area (Å²) in [6, 6.07) is 7.88. The Balaban J connectivity index is 1.71. The van der Waals surface area contributed by atoms with E-state index in [2.05, 4.69) is 21.7 Å². The molecule has 2 aromatic rings. The fourth-order valence-corrected chi connectivity index (χ4v) is 3.89. The highest BCUT2D eigenvalue weighted by molar-refractivity contribution is 6.04. The predicted octanol–water partition coefficient (Wildman–Crippen LogP) is 3.20. The number of carbonyl (C=O) groups is 4. The topological polar surface area (TPSA) is 154 Å². The van der Waals surface area contributed by atoms with Gasteiger partial charge in [-0.25, -0.2) is 14.4 Å². The van der Waals surface area contributed by atoms with Crippen LogP contribution >= 0.6 is 0 Å². The maximum atomic E-state index is 12.5. The van der Waals surface area contributed by atoms with Crippen molar-refractivity contribution < 1.29 is 38.3 Å². The molecule has 12 nitrogen and oxygen atoms in total. The second-order valence-corrected chi connectivity index (χ2v) is 8.50. The Morgan fingerprint density at radius 1 is 0.973 bits per heavy atom. The smallest absolute Gasteiger partial charge is 0.339 e. The second-order valence-electron chi connectivity index (χ2n) is 8.50. The second kappa shape index (κ2) is 12.0. The minimum Gasteiger partial charge on any atom is -0.465 e. The number of piperidine rings is 1. The van der Waals surface area contributed by atoms with Crippen LogP contribution in [0, 0.1) is 16.0 Å². The minimum absolute atomic E-state index is 0.0341. The van der Waals surface area contributed by atoms with Gasteiger partial charge in [0.15, 0.2) is 6.61 Å². The molecule has 1 saturated heterocycles. The molecule has 0 bridgehead atoms. The highest BCUT2D eigenvalue weighted by atomic mass is 16.6. The van der Waals surface area contributed by atoms with Crippen LogP contribution in [-0.2, 0) is 19.0 Å².